The van der Waals surface area contributed by atoms with Gasteiger partial charge in [0.05, 0.1) is 0 Å². The van der Waals surface area contributed by atoms with Crippen LogP contribution >= 0.6 is 0 Å². The second-order valence-electron chi connectivity index (χ2n) is 0.925. The third-order valence-electron chi connectivity index (χ3n) is 0.475. The van der Waals surface area contributed by atoms with E-state index in [1.165, 1.54) is 4.79 Å². The maximum Gasteiger partial charge on any atom is 0.115 e. The van der Waals surface area contributed by atoms with Crippen molar-refractivity contribution in [3.05, 3.63) is 18.5 Å². The maximum atomic E-state index is 5.05. The number of hydrogen-bond acceptors (Lipinski definition) is 2. The van der Waals surface area contributed by atoms with Crippen molar-refractivity contribution in [2.24, 2.45) is 0 Å². The fourth-order valence-electron chi connectivity index (χ4n) is 0.243. The zero-order valence-electron chi connectivity index (χ0n) is 3.13. The molecule has 0 aliphatic carbocycles. The molecule has 2 N–H and O–H groups in total. The van der Waals surface area contributed by atoms with Crippen molar-refractivity contribution in [3.63, 3.8) is 0 Å². The average molecular weight is 82.1 g/mol. The molecule has 0 amide bonds. The highest BCUT2D eigenvalue weighted by Gasteiger charge is 1.71. The molecule has 31 valence electrons. The van der Waals surface area contributed by atoms with E-state index in [1.807, 2.05) is 0 Å². The molecule has 0 aromatic carbocycles. The van der Waals surface area contributed by atoms with Crippen molar-refractivity contribution >= 4 is 0 Å². The van der Waals surface area contributed by atoms with Gasteiger partial charge in [-0.05, 0) is 6.07 Å². The monoisotopic (exact) mass is 82.0 g/mol. The smallest absolute Gasteiger partial charge is 0.115 e. The highest BCUT2D eigenvalue weighted by molar-refractivity contribution is 4.74. The van der Waals surface area contributed by atoms with E-state index < -0.39 is 0 Å². The number of rotatable bonds is 0. The average Bonchev–Trinajstić information content (AvgIpc) is 1.86. The molecule has 6 heavy (non-hydrogen) atoms. The summed E-state index contributed by atoms with van der Waals surface area (Å²) in [5.74, 6) is 5.05. The maximum absolute atomic E-state index is 5.05. The zero-order chi connectivity index (χ0) is 4.41. The Morgan fingerprint density at radius 1 is 1.83 bits per heavy atom. The molecular weight excluding hydrogens is 78.1 g/mol. The first-order valence-electron chi connectivity index (χ1n) is 1.56. The molecule has 0 saturated heterocycles. The van der Waals surface area contributed by atoms with E-state index in [1.54, 1.807) is 12.3 Å². The summed E-state index contributed by atoms with van der Waals surface area (Å²) in [5, 5.41) is 3.49. The topological polar surface area (TPSA) is 43.8 Å². The van der Waals surface area contributed by atoms with Gasteiger partial charge in [-0.1, -0.05) is 0 Å². The Kier molecular flexibility index (Phi) is 0.538. The Morgan fingerprint density at radius 2 is 2.67 bits per heavy atom. The van der Waals surface area contributed by atoms with Crippen molar-refractivity contribution in [2.75, 3.05) is 5.84 Å². The Balaban J connectivity index is 3.05. The first kappa shape index (κ1) is 3.21. The van der Waals surface area contributed by atoms with Gasteiger partial charge in [0.25, 0.3) is 0 Å². The van der Waals surface area contributed by atoms with Crippen LogP contribution in [0.25, 0.3) is 0 Å². The van der Waals surface area contributed by atoms with Gasteiger partial charge in [-0.25, -0.2) is 0 Å². The number of hydrogen-bond donors (Lipinski definition) is 1. The van der Waals surface area contributed by atoms with Crippen LogP contribution < -0.4 is 5.84 Å². The third-order valence-corrected chi connectivity index (χ3v) is 0.475. The fraction of sp³-hybridized carbons (Fsp3) is 0. The normalized spacial score (nSPS) is 8.67. The standard InChI is InChI=1S/C3H4N3/c4-6-3-1-2-5-6/h1,3H,4H2. The van der Waals surface area contributed by atoms with Crippen LogP contribution in [0.1, 0.15) is 0 Å². The summed E-state index contributed by atoms with van der Waals surface area (Å²) in [4.78, 5) is 1.19. The second-order valence-corrected chi connectivity index (χ2v) is 0.925. The predicted octanol–water partition coefficient (Wildman–Crippen LogP) is -0.603. The number of nitrogens with two attached hydrogens (primary N) is 1. The van der Waals surface area contributed by atoms with Gasteiger partial charge in [-0.2, -0.15) is 9.89 Å². The Hall–Kier alpha value is -0.990. The van der Waals surface area contributed by atoms with Gasteiger partial charge >= 0.3 is 0 Å². The summed E-state index contributed by atoms with van der Waals surface area (Å²) in [6, 6.07) is 1.64. The van der Waals surface area contributed by atoms with Gasteiger partial charge in [0, 0.05) is 6.20 Å². The van der Waals surface area contributed by atoms with E-state index in [0.29, 0.717) is 0 Å². The van der Waals surface area contributed by atoms with Crippen LogP contribution in [0.2, 0.25) is 0 Å². The first-order valence-corrected chi connectivity index (χ1v) is 1.56. The van der Waals surface area contributed by atoms with Crippen molar-refractivity contribution in [2.45, 2.75) is 0 Å². The van der Waals surface area contributed by atoms with Crippen molar-refractivity contribution in [1.29, 1.82) is 0 Å². The molecule has 1 rings (SSSR count). The Labute approximate surface area is 35.3 Å². The van der Waals surface area contributed by atoms with Crippen LogP contribution in [0.15, 0.2) is 12.3 Å². The summed E-state index contributed by atoms with van der Waals surface area (Å²) in [5.41, 5.74) is 0. The minimum atomic E-state index is 1.19. The Bertz CT molecular complexity index is 110. The molecule has 1 aromatic rings. The van der Waals surface area contributed by atoms with Crippen LogP contribution in [0.5, 0.6) is 0 Å². The summed E-state index contributed by atoms with van der Waals surface area (Å²) in [7, 11) is 0. The van der Waals surface area contributed by atoms with Gasteiger partial charge in [0.1, 0.15) is 6.20 Å². The van der Waals surface area contributed by atoms with Gasteiger partial charge in [0.15, 0.2) is 0 Å². The molecule has 1 aromatic heterocycles. The molecule has 0 saturated carbocycles. The largest absolute Gasteiger partial charge is 0.323 e. The molecule has 0 aliphatic rings. The van der Waals surface area contributed by atoms with E-state index in [9.17, 15) is 0 Å². The molecule has 3 nitrogen and oxygen atoms in total. The SMILES string of the molecule is Nn1cc[c]n1. The molecule has 0 unspecified atom stereocenters. The van der Waals surface area contributed by atoms with Crippen LogP contribution in [-0.4, -0.2) is 9.89 Å². The molecule has 0 spiro atoms. The molecule has 0 aliphatic heterocycles. The number of nitrogens with zero attached hydrogens (tertiary/aromatic N) is 2. The summed E-state index contributed by atoms with van der Waals surface area (Å²) >= 11 is 0. The van der Waals surface area contributed by atoms with E-state index >= 15 is 0 Å². The summed E-state index contributed by atoms with van der Waals surface area (Å²) < 4.78 is 0. The molecular formula is C3H4N3. The van der Waals surface area contributed by atoms with E-state index in [0.717, 1.165) is 0 Å². The highest BCUT2D eigenvalue weighted by atomic mass is 15.5. The van der Waals surface area contributed by atoms with Gasteiger partial charge in [0.2, 0.25) is 0 Å². The molecule has 0 bridgehead atoms. The van der Waals surface area contributed by atoms with Crippen molar-refractivity contribution < 1.29 is 0 Å². The highest BCUT2D eigenvalue weighted by Crippen LogP contribution is 1.68. The quantitative estimate of drug-likeness (QED) is 0.424. The minimum absolute atomic E-state index is 1.19. The molecule has 1 heterocycles. The van der Waals surface area contributed by atoms with Crippen molar-refractivity contribution in [3.8, 4) is 0 Å². The van der Waals surface area contributed by atoms with Crippen molar-refractivity contribution in [1.82, 2.24) is 9.89 Å². The summed E-state index contributed by atoms with van der Waals surface area (Å²) in [6.07, 6.45) is 4.13. The number of nitrogen functional groups attached to an aromatic ring is 1. The molecule has 1 radical (unpaired) electrons. The number of aromatic nitrogens is 2. The second kappa shape index (κ2) is 1.01. The Morgan fingerprint density at radius 3 is 2.83 bits per heavy atom. The van der Waals surface area contributed by atoms with Gasteiger partial charge in [-0.15, -0.1) is 0 Å². The van der Waals surface area contributed by atoms with E-state index in [-0.39, 0.29) is 0 Å². The third kappa shape index (κ3) is 0.337. The lowest BCUT2D eigenvalue weighted by Crippen LogP contribution is -2.06. The van der Waals surface area contributed by atoms with Crippen LogP contribution in [0.3, 0.4) is 0 Å². The molecule has 3 heteroatoms. The van der Waals surface area contributed by atoms with Gasteiger partial charge < -0.3 is 5.84 Å². The molecule has 0 fully saturated rings. The van der Waals surface area contributed by atoms with Crippen LogP contribution in [0.4, 0.5) is 0 Å². The lowest BCUT2D eigenvalue weighted by atomic mass is 10.8. The summed E-state index contributed by atoms with van der Waals surface area (Å²) in [6.45, 7) is 0. The van der Waals surface area contributed by atoms with Crippen LogP contribution in [0, 0.1) is 6.20 Å². The van der Waals surface area contributed by atoms with E-state index in [4.69, 9.17) is 5.84 Å². The van der Waals surface area contributed by atoms with Crippen LogP contribution in [-0.2, 0) is 0 Å². The zero-order valence-corrected chi connectivity index (χ0v) is 3.13. The lowest BCUT2D eigenvalue weighted by molar-refractivity contribution is 0.829. The minimum Gasteiger partial charge on any atom is -0.323 e. The fourth-order valence-corrected chi connectivity index (χ4v) is 0.243. The first-order chi connectivity index (χ1) is 2.89. The van der Waals surface area contributed by atoms with Gasteiger partial charge in [-0.3, -0.25) is 0 Å². The lowest BCUT2D eigenvalue weighted by Gasteiger charge is -1.78. The predicted molar refractivity (Wildman–Crippen MR) is 21.2 cm³/mol. The molecule has 0 atom stereocenters. The van der Waals surface area contributed by atoms with E-state index in [2.05, 4.69) is 11.3 Å².